The summed E-state index contributed by atoms with van der Waals surface area (Å²) < 4.78 is 0. The van der Waals surface area contributed by atoms with Crippen LogP contribution in [0.4, 0.5) is 0 Å². The zero-order chi connectivity index (χ0) is 15.0. The van der Waals surface area contributed by atoms with Gasteiger partial charge in [0, 0.05) is 31.0 Å². The quantitative estimate of drug-likeness (QED) is 0.435. The molecule has 0 aliphatic rings. The average molecular weight is 404 g/mol. The number of aromatic nitrogens is 1. The van der Waals surface area contributed by atoms with Crippen molar-refractivity contribution in [2.45, 2.75) is 47.1 Å². The van der Waals surface area contributed by atoms with Gasteiger partial charge in [0.25, 0.3) is 0 Å². The van der Waals surface area contributed by atoms with Crippen molar-refractivity contribution in [1.82, 2.24) is 15.6 Å². The van der Waals surface area contributed by atoms with Crippen molar-refractivity contribution in [3.63, 3.8) is 0 Å². The van der Waals surface area contributed by atoms with Crippen molar-refractivity contribution >= 4 is 29.9 Å². The molecule has 0 amide bonds. The molecule has 0 aliphatic heterocycles. The zero-order valence-electron chi connectivity index (χ0n) is 13.8. The van der Waals surface area contributed by atoms with Gasteiger partial charge in [-0.05, 0) is 44.7 Å². The second-order valence-electron chi connectivity index (χ2n) is 5.50. The first-order valence-electron chi connectivity index (χ1n) is 7.49. The van der Waals surface area contributed by atoms with E-state index in [1.165, 1.54) is 5.56 Å². The first-order valence-corrected chi connectivity index (χ1v) is 7.49. The molecular weight excluding hydrogens is 375 g/mol. The van der Waals surface area contributed by atoms with Crippen LogP contribution in [-0.4, -0.2) is 30.1 Å². The minimum Gasteiger partial charge on any atom is -0.357 e. The van der Waals surface area contributed by atoms with Gasteiger partial charge in [-0.15, -0.1) is 24.0 Å². The number of hydrogen-bond donors (Lipinski definition) is 2. The topological polar surface area (TPSA) is 49.3 Å². The number of rotatable bonds is 6. The highest BCUT2D eigenvalue weighted by Gasteiger charge is 2.08. The van der Waals surface area contributed by atoms with Crippen LogP contribution in [0.5, 0.6) is 0 Å². The van der Waals surface area contributed by atoms with Crippen molar-refractivity contribution in [1.29, 1.82) is 0 Å². The number of guanidine groups is 1. The fraction of sp³-hybridized carbons (Fsp3) is 0.625. The Balaban J connectivity index is 0.00000400. The Morgan fingerprint density at radius 3 is 2.52 bits per heavy atom. The summed E-state index contributed by atoms with van der Waals surface area (Å²) in [7, 11) is 0. The monoisotopic (exact) mass is 404 g/mol. The Hall–Kier alpha value is -0.850. The Morgan fingerprint density at radius 2 is 2.00 bits per heavy atom. The molecule has 1 heterocycles. The van der Waals surface area contributed by atoms with E-state index >= 15 is 0 Å². The van der Waals surface area contributed by atoms with E-state index in [0.717, 1.165) is 31.2 Å². The van der Waals surface area contributed by atoms with Crippen LogP contribution < -0.4 is 10.6 Å². The van der Waals surface area contributed by atoms with Gasteiger partial charge in [-0.2, -0.15) is 0 Å². The summed E-state index contributed by atoms with van der Waals surface area (Å²) in [6.07, 6.45) is 2.85. The van der Waals surface area contributed by atoms with Gasteiger partial charge in [0.15, 0.2) is 5.96 Å². The molecule has 0 aromatic carbocycles. The highest BCUT2D eigenvalue weighted by atomic mass is 127. The maximum Gasteiger partial charge on any atom is 0.191 e. The van der Waals surface area contributed by atoms with Crippen LogP contribution in [0.3, 0.4) is 0 Å². The number of hydrogen-bond acceptors (Lipinski definition) is 2. The maximum atomic E-state index is 4.62. The predicted octanol–water partition coefficient (Wildman–Crippen LogP) is 3.15. The van der Waals surface area contributed by atoms with Crippen molar-refractivity contribution in [3.05, 3.63) is 29.6 Å². The van der Waals surface area contributed by atoms with Crippen LogP contribution in [0.25, 0.3) is 0 Å². The van der Waals surface area contributed by atoms with E-state index in [1.807, 2.05) is 19.2 Å². The lowest BCUT2D eigenvalue weighted by molar-refractivity contribution is 0.481. The molecule has 120 valence electrons. The van der Waals surface area contributed by atoms with Crippen molar-refractivity contribution in [2.24, 2.45) is 10.9 Å². The van der Waals surface area contributed by atoms with Gasteiger partial charge in [-0.3, -0.25) is 9.98 Å². The van der Waals surface area contributed by atoms with Crippen LogP contribution in [0.1, 0.15) is 39.0 Å². The van der Waals surface area contributed by atoms with Crippen molar-refractivity contribution < 1.29 is 0 Å². The number of pyridine rings is 1. The molecule has 0 aliphatic carbocycles. The summed E-state index contributed by atoms with van der Waals surface area (Å²) in [4.78, 5) is 8.93. The van der Waals surface area contributed by atoms with Crippen molar-refractivity contribution in [3.8, 4) is 0 Å². The van der Waals surface area contributed by atoms with E-state index in [0.29, 0.717) is 12.0 Å². The lowest BCUT2D eigenvalue weighted by Crippen LogP contribution is -2.44. The summed E-state index contributed by atoms with van der Waals surface area (Å²) in [5.41, 5.74) is 2.28. The third kappa shape index (κ3) is 8.24. The van der Waals surface area contributed by atoms with Crippen LogP contribution in [-0.2, 0) is 6.42 Å². The lowest BCUT2D eigenvalue weighted by atomic mass is 10.1. The molecule has 1 aromatic rings. The highest BCUT2D eigenvalue weighted by molar-refractivity contribution is 14.0. The van der Waals surface area contributed by atoms with E-state index < -0.39 is 0 Å². The summed E-state index contributed by atoms with van der Waals surface area (Å²) in [6, 6.07) is 4.58. The zero-order valence-corrected chi connectivity index (χ0v) is 16.1. The van der Waals surface area contributed by atoms with Gasteiger partial charge in [-0.25, -0.2) is 0 Å². The molecule has 0 saturated heterocycles. The molecule has 1 atom stereocenters. The molecule has 1 aromatic heterocycles. The second-order valence-corrected chi connectivity index (χ2v) is 5.50. The molecule has 21 heavy (non-hydrogen) atoms. The Morgan fingerprint density at radius 1 is 1.29 bits per heavy atom. The average Bonchev–Trinajstić information content (AvgIpc) is 2.41. The molecule has 0 radical (unpaired) electrons. The molecular formula is C16H29IN4. The molecule has 0 fully saturated rings. The number of aryl methyl sites for hydroxylation is 1. The first-order chi connectivity index (χ1) is 9.52. The third-order valence-electron chi connectivity index (χ3n) is 3.35. The van der Waals surface area contributed by atoms with Gasteiger partial charge in [-0.1, -0.05) is 19.9 Å². The molecule has 0 spiro atoms. The Bertz CT molecular complexity index is 415. The smallest absolute Gasteiger partial charge is 0.191 e. The van der Waals surface area contributed by atoms with Crippen molar-refractivity contribution in [2.75, 3.05) is 13.1 Å². The number of aliphatic imine (C=N–C) groups is 1. The predicted molar refractivity (Wildman–Crippen MR) is 102 cm³/mol. The van der Waals surface area contributed by atoms with Gasteiger partial charge < -0.3 is 10.6 Å². The fourth-order valence-electron chi connectivity index (χ4n) is 1.65. The second kappa shape index (κ2) is 10.8. The van der Waals surface area contributed by atoms with Crippen LogP contribution in [0.15, 0.2) is 23.3 Å². The summed E-state index contributed by atoms with van der Waals surface area (Å²) in [6.45, 7) is 12.3. The number of halogens is 1. The Labute approximate surface area is 146 Å². The van der Waals surface area contributed by atoms with E-state index in [1.54, 1.807) is 0 Å². The fourth-order valence-corrected chi connectivity index (χ4v) is 1.65. The summed E-state index contributed by atoms with van der Waals surface area (Å²) >= 11 is 0. The van der Waals surface area contributed by atoms with E-state index in [9.17, 15) is 0 Å². The van der Waals surface area contributed by atoms with Gasteiger partial charge in [0.05, 0.1) is 0 Å². The molecule has 0 saturated carbocycles. The molecule has 2 N–H and O–H groups in total. The molecule has 1 unspecified atom stereocenters. The summed E-state index contributed by atoms with van der Waals surface area (Å²) in [5.74, 6) is 1.48. The lowest BCUT2D eigenvalue weighted by Gasteiger charge is -2.20. The number of nitrogens with zero attached hydrogens (tertiary/aromatic N) is 2. The standard InChI is InChI=1S/C16H28N4.HI/c1-6-17-16(20-14(5)12(2)3)18-10-9-15-8-7-13(4)19-11-15;/h7-8,11-12,14H,6,9-10H2,1-5H3,(H2,17,18,20);1H. The van der Waals surface area contributed by atoms with E-state index in [4.69, 9.17) is 0 Å². The number of nitrogens with one attached hydrogen (secondary N) is 2. The van der Waals surface area contributed by atoms with Crippen LogP contribution in [0, 0.1) is 12.8 Å². The SMILES string of the molecule is CCNC(=NCCc1ccc(C)nc1)NC(C)C(C)C.I. The molecule has 1 rings (SSSR count). The molecule has 5 heteroatoms. The first kappa shape index (κ1) is 20.1. The van der Waals surface area contributed by atoms with Gasteiger partial charge in [0.2, 0.25) is 0 Å². The van der Waals surface area contributed by atoms with E-state index in [-0.39, 0.29) is 24.0 Å². The van der Waals surface area contributed by atoms with Crippen LogP contribution in [0.2, 0.25) is 0 Å². The largest absolute Gasteiger partial charge is 0.357 e. The molecule has 0 bridgehead atoms. The van der Waals surface area contributed by atoms with Crippen LogP contribution >= 0.6 is 24.0 Å². The molecule has 4 nitrogen and oxygen atoms in total. The van der Waals surface area contributed by atoms with Gasteiger partial charge in [0.1, 0.15) is 0 Å². The maximum absolute atomic E-state index is 4.62. The normalized spacial score (nSPS) is 12.8. The minimum atomic E-state index is 0. The Kier molecular flexibility index (Phi) is 10.4. The highest BCUT2D eigenvalue weighted by Crippen LogP contribution is 2.01. The third-order valence-corrected chi connectivity index (χ3v) is 3.35. The summed E-state index contributed by atoms with van der Waals surface area (Å²) in [5, 5.41) is 6.72. The van der Waals surface area contributed by atoms with Gasteiger partial charge >= 0.3 is 0 Å². The minimum absolute atomic E-state index is 0. The van der Waals surface area contributed by atoms with E-state index in [2.05, 4.69) is 54.4 Å².